The molecule has 0 aliphatic carbocycles. The van der Waals surface area contributed by atoms with E-state index in [1.165, 1.54) is 16.9 Å². The summed E-state index contributed by atoms with van der Waals surface area (Å²) in [4.78, 5) is 17.0. The highest BCUT2D eigenvalue weighted by atomic mass is 35.5. The van der Waals surface area contributed by atoms with Gasteiger partial charge in [-0.1, -0.05) is 29.3 Å². The molecule has 0 saturated carbocycles. The number of thiazole rings is 1. The minimum Gasteiger partial charge on any atom is -0.464 e. The first-order valence-electron chi connectivity index (χ1n) is 7.47. The fourth-order valence-electron chi connectivity index (χ4n) is 2.54. The Morgan fingerprint density at radius 2 is 1.96 bits per heavy atom. The Bertz CT molecular complexity index is 927. The number of anilines is 1. The zero-order valence-electron chi connectivity index (χ0n) is 13.9. The fraction of sp³-hybridized carbons (Fsp3) is 0.222. The third kappa shape index (κ3) is 3.09. The van der Waals surface area contributed by atoms with Crippen LogP contribution < -0.4 is 5.32 Å². The molecule has 4 nitrogen and oxygen atoms in total. The lowest BCUT2D eigenvalue weighted by Crippen LogP contribution is -2.12. The average Bonchev–Trinajstić information content (AvgIpc) is 3.07. The van der Waals surface area contributed by atoms with Gasteiger partial charge in [-0.15, -0.1) is 11.3 Å². The van der Waals surface area contributed by atoms with Crippen molar-refractivity contribution < 1.29 is 9.21 Å². The summed E-state index contributed by atoms with van der Waals surface area (Å²) in [5, 5.41) is 5.61. The lowest BCUT2D eigenvalue weighted by atomic mass is 10.0. The second-order valence-electron chi connectivity index (χ2n) is 5.71. The quantitative estimate of drug-likeness (QED) is 0.666. The number of aromatic nitrogens is 1. The van der Waals surface area contributed by atoms with Crippen LogP contribution >= 0.6 is 22.9 Å². The van der Waals surface area contributed by atoms with E-state index in [9.17, 15) is 4.79 Å². The third-order valence-electron chi connectivity index (χ3n) is 3.81. The molecular weight excluding hydrogens is 344 g/mol. The van der Waals surface area contributed by atoms with E-state index in [0.717, 1.165) is 16.8 Å². The molecule has 1 amide bonds. The van der Waals surface area contributed by atoms with Crippen molar-refractivity contribution in [3.05, 3.63) is 56.8 Å². The van der Waals surface area contributed by atoms with E-state index >= 15 is 0 Å². The first-order chi connectivity index (χ1) is 11.4. The van der Waals surface area contributed by atoms with Crippen molar-refractivity contribution in [3.63, 3.8) is 0 Å². The van der Waals surface area contributed by atoms with Crippen LogP contribution in [-0.2, 0) is 0 Å². The largest absolute Gasteiger partial charge is 0.464 e. The lowest BCUT2D eigenvalue weighted by Gasteiger charge is -2.04. The van der Waals surface area contributed by atoms with Gasteiger partial charge < -0.3 is 4.42 Å². The summed E-state index contributed by atoms with van der Waals surface area (Å²) in [6.45, 7) is 7.54. The maximum atomic E-state index is 12.4. The first kappa shape index (κ1) is 16.7. The maximum Gasteiger partial charge on any atom is 0.262 e. The van der Waals surface area contributed by atoms with Crippen LogP contribution in [0.1, 0.15) is 33.0 Å². The van der Waals surface area contributed by atoms with E-state index in [1.807, 2.05) is 19.2 Å². The number of hydrogen-bond acceptors (Lipinski definition) is 4. The molecule has 1 N–H and O–H groups in total. The zero-order chi connectivity index (χ0) is 17.4. The van der Waals surface area contributed by atoms with Crippen molar-refractivity contribution in [2.75, 3.05) is 5.32 Å². The van der Waals surface area contributed by atoms with Gasteiger partial charge in [0.1, 0.15) is 11.5 Å². The number of aryl methyl sites for hydroxylation is 4. The molecule has 1 aromatic carbocycles. The molecule has 0 fully saturated rings. The summed E-state index contributed by atoms with van der Waals surface area (Å²) >= 11 is 7.53. The summed E-state index contributed by atoms with van der Waals surface area (Å²) in [7, 11) is 0. The molecule has 0 aliphatic rings. The highest BCUT2D eigenvalue weighted by molar-refractivity contribution is 7.14. The Kier molecular flexibility index (Phi) is 4.47. The predicted molar refractivity (Wildman–Crippen MR) is 98.2 cm³/mol. The number of nitrogens with zero attached hydrogens (tertiary/aromatic N) is 1. The van der Waals surface area contributed by atoms with Gasteiger partial charge in [0.25, 0.3) is 5.91 Å². The van der Waals surface area contributed by atoms with E-state index < -0.39 is 0 Å². The van der Waals surface area contributed by atoms with E-state index in [1.54, 1.807) is 13.8 Å². The number of nitrogens with one attached hydrogen (secondary N) is 1. The van der Waals surface area contributed by atoms with Gasteiger partial charge in [-0.05, 0) is 39.3 Å². The van der Waals surface area contributed by atoms with Gasteiger partial charge in [0.05, 0.1) is 16.3 Å². The van der Waals surface area contributed by atoms with E-state index in [0.29, 0.717) is 27.2 Å². The van der Waals surface area contributed by atoms with Crippen LogP contribution in [-0.4, -0.2) is 10.9 Å². The molecule has 6 heteroatoms. The van der Waals surface area contributed by atoms with Gasteiger partial charge in [0, 0.05) is 10.9 Å². The van der Waals surface area contributed by atoms with Crippen LogP contribution in [0, 0.1) is 27.7 Å². The molecule has 0 saturated heterocycles. The molecule has 0 unspecified atom stereocenters. The Morgan fingerprint density at radius 1 is 1.21 bits per heavy atom. The molecule has 0 atom stereocenters. The van der Waals surface area contributed by atoms with Crippen molar-refractivity contribution in [2.45, 2.75) is 27.7 Å². The van der Waals surface area contributed by atoms with Crippen LogP contribution in [0.15, 0.2) is 28.0 Å². The maximum absolute atomic E-state index is 12.4. The van der Waals surface area contributed by atoms with Crippen LogP contribution in [0.2, 0.25) is 5.02 Å². The van der Waals surface area contributed by atoms with Crippen molar-refractivity contribution >= 4 is 34.0 Å². The number of carbonyl (C=O) groups excluding carboxylic acids is 1. The number of halogens is 1. The molecule has 2 aromatic heterocycles. The summed E-state index contributed by atoms with van der Waals surface area (Å²) in [5.41, 5.74) is 4.60. The van der Waals surface area contributed by atoms with Gasteiger partial charge in [0.2, 0.25) is 0 Å². The van der Waals surface area contributed by atoms with Gasteiger partial charge in [-0.3, -0.25) is 10.1 Å². The first-order valence-corrected chi connectivity index (χ1v) is 8.72. The summed E-state index contributed by atoms with van der Waals surface area (Å²) in [5.74, 6) is 0.729. The van der Waals surface area contributed by atoms with Crippen LogP contribution in [0.3, 0.4) is 0 Å². The number of hydrogen-bond donors (Lipinski definition) is 1. The zero-order valence-corrected chi connectivity index (χ0v) is 15.4. The monoisotopic (exact) mass is 360 g/mol. The fourth-order valence-corrected chi connectivity index (χ4v) is 3.50. The molecule has 3 aromatic rings. The highest BCUT2D eigenvalue weighted by Gasteiger charge is 2.21. The molecule has 124 valence electrons. The number of benzene rings is 1. The standard InChI is InChI=1S/C18H17ClN2O2S/c1-9-5-6-10(2)13(7-9)14-8-24-18(20-14)21-17(22)15-11(3)23-12(4)16(15)19/h5-8H,1-4H3,(H,20,21,22). The van der Waals surface area contributed by atoms with Gasteiger partial charge >= 0.3 is 0 Å². The minimum atomic E-state index is -0.309. The molecule has 2 heterocycles. The van der Waals surface area contributed by atoms with Crippen molar-refractivity contribution in [1.82, 2.24) is 4.98 Å². The Labute approximate surface area is 149 Å². The second-order valence-corrected chi connectivity index (χ2v) is 6.95. The van der Waals surface area contributed by atoms with E-state index in [2.05, 4.69) is 28.5 Å². The van der Waals surface area contributed by atoms with Crippen LogP contribution in [0.25, 0.3) is 11.3 Å². The number of amides is 1. The number of rotatable bonds is 3. The number of carbonyl (C=O) groups is 1. The molecule has 0 radical (unpaired) electrons. The van der Waals surface area contributed by atoms with Crippen molar-refractivity contribution in [2.24, 2.45) is 0 Å². The van der Waals surface area contributed by atoms with Gasteiger partial charge in [-0.2, -0.15) is 0 Å². The minimum absolute atomic E-state index is 0.309. The Hall–Kier alpha value is -2.11. The topological polar surface area (TPSA) is 55.1 Å². The van der Waals surface area contributed by atoms with E-state index in [4.69, 9.17) is 16.0 Å². The molecular formula is C18H17ClN2O2S. The summed E-state index contributed by atoms with van der Waals surface area (Å²) in [6, 6.07) is 6.23. The van der Waals surface area contributed by atoms with Crippen molar-refractivity contribution in [1.29, 1.82) is 0 Å². The van der Waals surface area contributed by atoms with E-state index in [-0.39, 0.29) is 5.91 Å². The van der Waals surface area contributed by atoms with Crippen molar-refractivity contribution in [3.8, 4) is 11.3 Å². The van der Waals surface area contributed by atoms with Crippen LogP contribution in [0.5, 0.6) is 0 Å². The summed E-state index contributed by atoms with van der Waals surface area (Å²) in [6.07, 6.45) is 0. The lowest BCUT2D eigenvalue weighted by molar-refractivity contribution is 0.102. The third-order valence-corrected chi connectivity index (χ3v) is 5.02. The predicted octanol–water partition coefficient (Wildman–Crippen LogP) is 5.54. The second kappa shape index (κ2) is 6.42. The summed E-state index contributed by atoms with van der Waals surface area (Å²) < 4.78 is 5.40. The number of furan rings is 1. The molecule has 0 bridgehead atoms. The SMILES string of the molecule is Cc1ccc(C)c(-c2csc(NC(=O)c3c(C)oc(C)c3Cl)n2)c1. The van der Waals surface area contributed by atoms with Gasteiger partial charge in [-0.25, -0.2) is 4.98 Å². The Balaban J connectivity index is 1.86. The average molecular weight is 361 g/mol. The molecule has 0 spiro atoms. The smallest absolute Gasteiger partial charge is 0.262 e. The molecule has 3 rings (SSSR count). The molecule has 24 heavy (non-hydrogen) atoms. The highest BCUT2D eigenvalue weighted by Crippen LogP contribution is 2.30. The molecule has 0 aliphatic heterocycles. The van der Waals surface area contributed by atoms with Gasteiger partial charge in [0.15, 0.2) is 5.13 Å². The van der Waals surface area contributed by atoms with Crippen LogP contribution in [0.4, 0.5) is 5.13 Å². The normalized spacial score (nSPS) is 10.9. The Morgan fingerprint density at radius 3 is 2.62 bits per heavy atom.